The van der Waals surface area contributed by atoms with Crippen LogP contribution in [0.25, 0.3) is 10.9 Å². The molecule has 2 fully saturated rings. The smallest absolute Gasteiger partial charge is 0.367 e. The summed E-state index contributed by atoms with van der Waals surface area (Å²) in [6.07, 6.45) is -0.475. The summed E-state index contributed by atoms with van der Waals surface area (Å²) in [7, 11) is 0. The van der Waals surface area contributed by atoms with E-state index < -0.39 is 17.9 Å². The van der Waals surface area contributed by atoms with Crippen LogP contribution in [0.2, 0.25) is 0 Å². The zero-order chi connectivity index (χ0) is 19.0. The Balaban J connectivity index is 1.44. The van der Waals surface area contributed by atoms with Crippen molar-refractivity contribution in [1.29, 1.82) is 0 Å². The number of piperazine rings is 1. The highest BCUT2D eigenvalue weighted by molar-refractivity contribution is 6.01. The minimum Gasteiger partial charge on any atom is -0.367 e. The summed E-state index contributed by atoms with van der Waals surface area (Å²) in [4.78, 5) is 48.8. The maximum absolute atomic E-state index is 12.3. The number of aromatic nitrogens is 1. The normalized spacial score (nSPS) is 17.7. The highest BCUT2D eigenvalue weighted by Gasteiger charge is 2.35. The van der Waals surface area contributed by atoms with E-state index in [9.17, 15) is 14.4 Å². The first-order valence-electron chi connectivity index (χ1n) is 8.97. The van der Waals surface area contributed by atoms with Gasteiger partial charge >= 0.3 is 6.09 Å². The second kappa shape index (κ2) is 6.86. The first-order valence-corrected chi connectivity index (χ1v) is 8.97. The molecular weight excluding hydrogens is 348 g/mol. The Morgan fingerprint density at radius 2 is 1.70 bits per heavy atom. The number of nitrogens with zero attached hydrogens (tertiary/aromatic N) is 4. The Bertz CT molecular complexity index is 905. The number of anilines is 1. The number of benzene rings is 1. The standard InChI is InChI=1S/C19H20N4O4/c1-13-12-16(14-4-2-3-5-15(14)20-13)21-8-10-22(11-9-21)19(26)27-23-17(24)6-7-18(23)25/h2-5,12H,6-11H2,1H3. The molecule has 0 spiro atoms. The number of carbonyl (C=O) groups is 3. The number of fused-ring (bicyclic) bond motifs is 1. The zero-order valence-electron chi connectivity index (χ0n) is 15.1. The van der Waals surface area contributed by atoms with Gasteiger partial charge in [-0.2, -0.15) is 0 Å². The summed E-state index contributed by atoms with van der Waals surface area (Å²) in [6, 6.07) is 10.0. The van der Waals surface area contributed by atoms with Crippen molar-refractivity contribution >= 4 is 34.5 Å². The highest BCUT2D eigenvalue weighted by Crippen LogP contribution is 2.27. The number of rotatable bonds is 2. The third kappa shape index (κ3) is 3.30. The summed E-state index contributed by atoms with van der Waals surface area (Å²) < 4.78 is 0. The van der Waals surface area contributed by atoms with E-state index in [4.69, 9.17) is 4.84 Å². The van der Waals surface area contributed by atoms with Gasteiger partial charge in [0.1, 0.15) is 0 Å². The maximum Gasteiger partial charge on any atom is 0.434 e. The highest BCUT2D eigenvalue weighted by atomic mass is 16.7. The number of carbonyl (C=O) groups excluding carboxylic acids is 3. The van der Waals surface area contributed by atoms with Gasteiger partial charge in [0.2, 0.25) is 0 Å². The van der Waals surface area contributed by atoms with Crippen molar-refractivity contribution < 1.29 is 19.2 Å². The molecular formula is C19H20N4O4. The van der Waals surface area contributed by atoms with E-state index >= 15 is 0 Å². The van der Waals surface area contributed by atoms with Crippen molar-refractivity contribution in [2.45, 2.75) is 19.8 Å². The number of pyridine rings is 1. The van der Waals surface area contributed by atoms with Crippen LogP contribution < -0.4 is 4.90 Å². The monoisotopic (exact) mass is 368 g/mol. The van der Waals surface area contributed by atoms with Crippen LogP contribution in [0.5, 0.6) is 0 Å². The molecule has 8 heteroatoms. The van der Waals surface area contributed by atoms with Crippen LogP contribution in [0.3, 0.4) is 0 Å². The van der Waals surface area contributed by atoms with Gasteiger partial charge in [-0.15, -0.1) is 5.06 Å². The molecule has 2 aromatic rings. The number of imide groups is 1. The van der Waals surface area contributed by atoms with Crippen LogP contribution in [0.4, 0.5) is 10.5 Å². The lowest BCUT2D eigenvalue weighted by Gasteiger charge is -2.36. The lowest BCUT2D eigenvalue weighted by Crippen LogP contribution is -2.50. The van der Waals surface area contributed by atoms with E-state index in [1.807, 2.05) is 31.2 Å². The van der Waals surface area contributed by atoms with E-state index in [1.54, 1.807) is 0 Å². The quantitative estimate of drug-likeness (QED) is 0.753. The molecule has 8 nitrogen and oxygen atoms in total. The lowest BCUT2D eigenvalue weighted by molar-refractivity contribution is -0.173. The Morgan fingerprint density at radius 1 is 1.04 bits per heavy atom. The van der Waals surface area contributed by atoms with Gasteiger partial charge in [0, 0.05) is 55.8 Å². The van der Waals surface area contributed by atoms with E-state index in [1.165, 1.54) is 4.90 Å². The molecule has 0 saturated carbocycles. The van der Waals surface area contributed by atoms with Crippen LogP contribution in [0.15, 0.2) is 30.3 Å². The predicted molar refractivity (Wildman–Crippen MR) is 97.8 cm³/mol. The Morgan fingerprint density at radius 3 is 2.41 bits per heavy atom. The second-order valence-electron chi connectivity index (χ2n) is 6.71. The Kier molecular flexibility index (Phi) is 4.39. The summed E-state index contributed by atoms with van der Waals surface area (Å²) in [5.41, 5.74) is 2.98. The van der Waals surface area contributed by atoms with E-state index in [0.717, 1.165) is 22.3 Å². The predicted octanol–water partition coefficient (Wildman–Crippen LogP) is 1.87. The zero-order valence-corrected chi connectivity index (χ0v) is 15.1. The largest absolute Gasteiger partial charge is 0.434 e. The van der Waals surface area contributed by atoms with Gasteiger partial charge < -0.3 is 14.6 Å². The molecule has 1 aromatic heterocycles. The molecule has 4 rings (SSSR count). The van der Waals surface area contributed by atoms with Crippen molar-refractivity contribution in [2.24, 2.45) is 0 Å². The van der Waals surface area contributed by atoms with Gasteiger partial charge in [0.05, 0.1) is 5.52 Å². The fourth-order valence-electron chi connectivity index (χ4n) is 3.47. The van der Waals surface area contributed by atoms with Crippen LogP contribution in [-0.4, -0.2) is 59.0 Å². The molecule has 1 aromatic carbocycles. The fraction of sp³-hybridized carbons (Fsp3) is 0.368. The average Bonchev–Trinajstić information content (AvgIpc) is 2.99. The third-order valence-corrected chi connectivity index (χ3v) is 4.88. The number of aryl methyl sites for hydroxylation is 1. The van der Waals surface area contributed by atoms with Crippen molar-refractivity contribution in [3.63, 3.8) is 0 Å². The van der Waals surface area contributed by atoms with Crippen LogP contribution in [0.1, 0.15) is 18.5 Å². The van der Waals surface area contributed by atoms with E-state index in [2.05, 4.69) is 16.0 Å². The molecule has 0 unspecified atom stereocenters. The van der Waals surface area contributed by atoms with Gasteiger partial charge in [-0.1, -0.05) is 18.2 Å². The topological polar surface area (TPSA) is 83.0 Å². The van der Waals surface area contributed by atoms with Crippen LogP contribution >= 0.6 is 0 Å². The summed E-state index contributed by atoms with van der Waals surface area (Å²) in [5.74, 6) is -0.934. The van der Waals surface area contributed by atoms with Crippen molar-refractivity contribution in [1.82, 2.24) is 14.9 Å². The van der Waals surface area contributed by atoms with Crippen LogP contribution in [-0.2, 0) is 14.4 Å². The van der Waals surface area contributed by atoms with Gasteiger partial charge in [0.15, 0.2) is 0 Å². The number of hydroxylamine groups is 2. The minimum atomic E-state index is -0.658. The van der Waals surface area contributed by atoms with Crippen molar-refractivity contribution in [3.05, 3.63) is 36.0 Å². The molecule has 3 heterocycles. The summed E-state index contributed by atoms with van der Waals surface area (Å²) in [6.45, 7) is 4.12. The minimum absolute atomic E-state index is 0.0916. The van der Waals surface area contributed by atoms with Gasteiger partial charge in [-0.3, -0.25) is 14.6 Å². The molecule has 0 aliphatic carbocycles. The molecule has 0 bridgehead atoms. The van der Waals surface area contributed by atoms with E-state index in [0.29, 0.717) is 31.2 Å². The molecule has 2 saturated heterocycles. The first-order chi connectivity index (χ1) is 13.0. The molecule has 140 valence electrons. The molecule has 2 aliphatic heterocycles. The molecule has 0 atom stereocenters. The number of para-hydroxylation sites is 1. The molecule has 3 amide bonds. The Labute approximate surface area is 156 Å². The second-order valence-corrected chi connectivity index (χ2v) is 6.71. The van der Waals surface area contributed by atoms with Gasteiger partial charge in [0.25, 0.3) is 11.8 Å². The molecule has 2 aliphatic rings. The SMILES string of the molecule is Cc1cc(N2CCN(C(=O)ON3C(=O)CCC3=O)CC2)c2ccccc2n1. The molecule has 27 heavy (non-hydrogen) atoms. The number of hydrogen-bond donors (Lipinski definition) is 0. The van der Waals surface area contributed by atoms with E-state index in [-0.39, 0.29) is 12.8 Å². The van der Waals surface area contributed by atoms with Crippen LogP contribution in [0, 0.1) is 6.92 Å². The molecule has 0 N–H and O–H groups in total. The maximum atomic E-state index is 12.3. The first kappa shape index (κ1) is 17.3. The van der Waals surface area contributed by atoms with Crippen molar-refractivity contribution in [2.75, 3.05) is 31.1 Å². The Hall–Kier alpha value is -3.16. The third-order valence-electron chi connectivity index (χ3n) is 4.88. The average molecular weight is 368 g/mol. The van der Waals surface area contributed by atoms with Gasteiger partial charge in [-0.05, 0) is 19.1 Å². The summed E-state index contributed by atoms with van der Waals surface area (Å²) >= 11 is 0. The molecule has 0 radical (unpaired) electrons. The number of hydrogen-bond acceptors (Lipinski definition) is 6. The van der Waals surface area contributed by atoms with Gasteiger partial charge in [-0.25, -0.2) is 4.79 Å². The summed E-state index contributed by atoms with van der Waals surface area (Å²) in [5, 5.41) is 1.67. The fourth-order valence-corrected chi connectivity index (χ4v) is 3.47. The lowest BCUT2D eigenvalue weighted by atomic mass is 10.1. The number of amides is 3. The van der Waals surface area contributed by atoms with Crippen molar-refractivity contribution in [3.8, 4) is 0 Å².